The van der Waals surface area contributed by atoms with Gasteiger partial charge >= 0.3 is 12.1 Å². The smallest absolute Gasteiger partial charge is 0.407 e. The Bertz CT molecular complexity index is 263. The molecule has 0 spiro atoms. The van der Waals surface area contributed by atoms with Gasteiger partial charge < -0.3 is 26.0 Å². The Hall–Kier alpha value is -1.34. The Kier molecular flexibility index (Phi) is 11.1. The van der Waals surface area contributed by atoms with Crippen molar-refractivity contribution in [2.45, 2.75) is 51.7 Å². The number of aliphatic hydroxyl groups excluding tert-OH is 1. The predicted octanol–water partition coefficient (Wildman–Crippen LogP) is 0.702. The molecule has 7 heteroatoms. The van der Waals surface area contributed by atoms with Crippen molar-refractivity contribution in [1.82, 2.24) is 5.32 Å². The van der Waals surface area contributed by atoms with Crippen molar-refractivity contribution >= 4 is 12.1 Å². The lowest BCUT2D eigenvalue weighted by Crippen LogP contribution is -2.33. The Morgan fingerprint density at radius 3 is 2.21 bits per heavy atom. The van der Waals surface area contributed by atoms with Crippen LogP contribution in [0.1, 0.15) is 40.0 Å². The zero-order valence-electron chi connectivity index (χ0n) is 12.1. The summed E-state index contributed by atoms with van der Waals surface area (Å²) in [6.45, 7) is 5.83. The van der Waals surface area contributed by atoms with Gasteiger partial charge in [0.2, 0.25) is 0 Å². The molecule has 0 aromatic carbocycles. The first kappa shape index (κ1) is 20.0. The summed E-state index contributed by atoms with van der Waals surface area (Å²) in [6.07, 6.45) is 1.29. The largest absolute Gasteiger partial charge is 0.480 e. The van der Waals surface area contributed by atoms with E-state index in [-0.39, 0.29) is 0 Å². The number of hydrogen-bond donors (Lipinski definition) is 4. The molecule has 0 rings (SSSR count). The van der Waals surface area contributed by atoms with Crippen molar-refractivity contribution in [2.75, 3.05) is 13.7 Å². The Morgan fingerprint density at radius 1 is 1.26 bits per heavy atom. The normalized spacial score (nSPS) is 11.9. The Morgan fingerprint density at radius 2 is 1.79 bits per heavy atom. The first-order chi connectivity index (χ1) is 8.72. The molecule has 0 aromatic rings. The van der Waals surface area contributed by atoms with Crippen molar-refractivity contribution in [3.8, 4) is 0 Å². The number of carbonyl (C=O) groups is 2. The van der Waals surface area contributed by atoms with Crippen LogP contribution in [0.15, 0.2) is 0 Å². The number of carbonyl (C=O) groups excluding carboxylic acids is 1. The lowest BCUT2D eigenvalue weighted by Gasteiger charge is -2.19. The van der Waals surface area contributed by atoms with Gasteiger partial charge in [0.1, 0.15) is 11.6 Å². The van der Waals surface area contributed by atoms with E-state index in [2.05, 4.69) is 5.32 Å². The summed E-state index contributed by atoms with van der Waals surface area (Å²) in [6, 6.07) is -0.823. The molecule has 1 unspecified atom stereocenters. The van der Waals surface area contributed by atoms with Crippen molar-refractivity contribution < 1.29 is 24.5 Å². The summed E-state index contributed by atoms with van der Waals surface area (Å²) in [5.74, 6) is -0.995. The van der Waals surface area contributed by atoms with E-state index < -0.39 is 23.7 Å². The molecule has 0 fully saturated rings. The maximum absolute atomic E-state index is 11.2. The number of alkyl carbamates (subject to hydrolysis) is 1. The summed E-state index contributed by atoms with van der Waals surface area (Å²) in [4.78, 5) is 21.6. The third-order valence-corrected chi connectivity index (χ3v) is 1.93. The molecule has 0 aliphatic rings. The molecular weight excluding hydrogens is 252 g/mol. The first-order valence-corrected chi connectivity index (χ1v) is 6.12. The van der Waals surface area contributed by atoms with Gasteiger partial charge in [-0.1, -0.05) is 0 Å². The SMILES string of the molecule is CC(C)(C)OC(=O)NCCCCC(N)C(=O)O.CO. The summed E-state index contributed by atoms with van der Waals surface area (Å²) < 4.78 is 5.03. The van der Waals surface area contributed by atoms with Crippen LogP contribution in [0.3, 0.4) is 0 Å². The van der Waals surface area contributed by atoms with Crippen LogP contribution in [-0.4, -0.2) is 47.6 Å². The lowest BCUT2D eigenvalue weighted by molar-refractivity contribution is -0.138. The summed E-state index contributed by atoms with van der Waals surface area (Å²) in [7, 11) is 1.00. The summed E-state index contributed by atoms with van der Waals surface area (Å²) in [5.41, 5.74) is 4.83. The van der Waals surface area contributed by atoms with Gasteiger partial charge in [0.05, 0.1) is 0 Å². The molecule has 0 radical (unpaired) electrons. The molecule has 19 heavy (non-hydrogen) atoms. The fraction of sp³-hybridized carbons (Fsp3) is 0.833. The van der Waals surface area contributed by atoms with Crippen LogP contribution in [0.25, 0.3) is 0 Å². The van der Waals surface area contributed by atoms with Gasteiger partial charge in [0.15, 0.2) is 0 Å². The average Bonchev–Trinajstić information content (AvgIpc) is 2.28. The standard InChI is InChI=1S/C11H22N2O4.CH4O/c1-11(2,3)17-10(16)13-7-5-4-6-8(12)9(14)15;1-2/h8H,4-7,12H2,1-3H3,(H,13,16)(H,14,15);2H,1H3. The zero-order chi connectivity index (χ0) is 15.5. The van der Waals surface area contributed by atoms with E-state index in [1.54, 1.807) is 20.8 Å². The van der Waals surface area contributed by atoms with Gasteiger partial charge in [-0.3, -0.25) is 4.79 Å². The van der Waals surface area contributed by atoms with Crippen LogP contribution >= 0.6 is 0 Å². The fourth-order valence-corrected chi connectivity index (χ4v) is 1.12. The number of carboxylic acid groups (broad SMARTS) is 1. The second-order valence-corrected chi connectivity index (χ2v) is 4.87. The molecule has 114 valence electrons. The molecule has 0 aliphatic carbocycles. The molecule has 0 saturated carbocycles. The molecule has 0 saturated heterocycles. The number of aliphatic hydroxyl groups is 1. The summed E-state index contributed by atoms with van der Waals surface area (Å²) in [5, 5.41) is 18.1. The van der Waals surface area contributed by atoms with Crippen molar-refractivity contribution in [2.24, 2.45) is 5.73 Å². The number of hydrogen-bond acceptors (Lipinski definition) is 5. The molecule has 7 nitrogen and oxygen atoms in total. The number of ether oxygens (including phenoxy) is 1. The van der Waals surface area contributed by atoms with E-state index in [4.69, 9.17) is 20.7 Å². The van der Waals surface area contributed by atoms with Gasteiger partial charge in [0, 0.05) is 13.7 Å². The molecule has 0 aromatic heterocycles. The third kappa shape index (κ3) is 14.6. The number of nitrogens with one attached hydrogen (secondary N) is 1. The number of amides is 1. The van der Waals surface area contributed by atoms with Gasteiger partial charge in [-0.25, -0.2) is 4.79 Å². The summed E-state index contributed by atoms with van der Waals surface area (Å²) >= 11 is 0. The van der Waals surface area contributed by atoms with Gasteiger partial charge in [-0.15, -0.1) is 0 Å². The topological polar surface area (TPSA) is 122 Å². The van der Waals surface area contributed by atoms with Gasteiger partial charge in [-0.2, -0.15) is 0 Å². The van der Waals surface area contributed by atoms with Gasteiger partial charge in [0.25, 0.3) is 0 Å². The molecule has 0 bridgehead atoms. The van der Waals surface area contributed by atoms with E-state index in [1.807, 2.05) is 0 Å². The fourth-order valence-electron chi connectivity index (χ4n) is 1.12. The van der Waals surface area contributed by atoms with Crippen LogP contribution < -0.4 is 11.1 Å². The number of aliphatic carboxylic acids is 1. The average molecular weight is 278 g/mol. The maximum Gasteiger partial charge on any atom is 0.407 e. The van der Waals surface area contributed by atoms with Crippen LogP contribution in [0.4, 0.5) is 4.79 Å². The van der Waals surface area contributed by atoms with Crippen molar-refractivity contribution in [3.05, 3.63) is 0 Å². The van der Waals surface area contributed by atoms with E-state index in [1.165, 1.54) is 0 Å². The molecule has 1 amide bonds. The van der Waals surface area contributed by atoms with Crippen LogP contribution in [-0.2, 0) is 9.53 Å². The number of carboxylic acids is 1. The second kappa shape index (κ2) is 10.6. The van der Waals surface area contributed by atoms with E-state index in [0.717, 1.165) is 7.11 Å². The maximum atomic E-state index is 11.2. The van der Waals surface area contributed by atoms with Gasteiger partial charge in [-0.05, 0) is 40.0 Å². The first-order valence-electron chi connectivity index (χ1n) is 6.12. The van der Waals surface area contributed by atoms with Crippen molar-refractivity contribution in [1.29, 1.82) is 0 Å². The molecule has 1 atom stereocenters. The Balaban J connectivity index is 0. The van der Waals surface area contributed by atoms with Crippen LogP contribution in [0.5, 0.6) is 0 Å². The molecule has 0 heterocycles. The van der Waals surface area contributed by atoms with E-state index in [9.17, 15) is 9.59 Å². The Labute approximate surface area is 114 Å². The minimum Gasteiger partial charge on any atom is -0.480 e. The monoisotopic (exact) mass is 278 g/mol. The highest BCUT2D eigenvalue weighted by atomic mass is 16.6. The molecule has 0 aliphatic heterocycles. The molecule has 5 N–H and O–H groups in total. The predicted molar refractivity (Wildman–Crippen MR) is 71.8 cm³/mol. The zero-order valence-corrected chi connectivity index (χ0v) is 12.1. The highest BCUT2D eigenvalue weighted by molar-refractivity contribution is 5.72. The molecular formula is C12H26N2O5. The lowest BCUT2D eigenvalue weighted by atomic mass is 10.1. The van der Waals surface area contributed by atoms with Crippen LogP contribution in [0, 0.1) is 0 Å². The van der Waals surface area contributed by atoms with Crippen molar-refractivity contribution in [3.63, 3.8) is 0 Å². The number of nitrogens with two attached hydrogens (primary N) is 1. The third-order valence-electron chi connectivity index (χ3n) is 1.93. The van der Waals surface area contributed by atoms with Crippen LogP contribution in [0.2, 0.25) is 0 Å². The highest BCUT2D eigenvalue weighted by Crippen LogP contribution is 2.06. The second-order valence-electron chi connectivity index (χ2n) is 4.87. The van der Waals surface area contributed by atoms with E-state index in [0.29, 0.717) is 25.8 Å². The quantitative estimate of drug-likeness (QED) is 0.531. The highest BCUT2D eigenvalue weighted by Gasteiger charge is 2.15. The minimum absolute atomic E-state index is 0.408. The minimum atomic E-state index is -0.995. The number of rotatable bonds is 6. The number of unbranched alkanes of at least 4 members (excludes halogenated alkanes) is 1. The van der Waals surface area contributed by atoms with E-state index >= 15 is 0 Å².